The third-order valence-corrected chi connectivity index (χ3v) is 6.68. The molecular weight excluding hydrogens is 515 g/mol. The third-order valence-electron chi connectivity index (χ3n) is 6.43. The van der Waals surface area contributed by atoms with Gasteiger partial charge in [0, 0.05) is 24.5 Å². The van der Waals surface area contributed by atoms with E-state index in [1.54, 1.807) is 48.4 Å². The van der Waals surface area contributed by atoms with Crippen LogP contribution in [0.1, 0.15) is 22.3 Å². The van der Waals surface area contributed by atoms with Crippen molar-refractivity contribution < 1.29 is 18.7 Å². The van der Waals surface area contributed by atoms with Crippen LogP contribution in [0.5, 0.6) is 5.75 Å². The third kappa shape index (κ3) is 8.16. The van der Waals surface area contributed by atoms with Gasteiger partial charge in [0.25, 0.3) is 0 Å². The van der Waals surface area contributed by atoms with E-state index in [1.165, 1.54) is 12.1 Å². The van der Waals surface area contributed by atoms with Gasteiger partial charge < -0.3 is 15.0 Å². The smallest absolute Gasteiger partial charge is 0.243 e. The summed E-state index contributed by atoms with van der Waals surface area (Å²) in [5, 5.41) is 3.59. The van der Waals surface area contributed by atoms with Crippen LogP contribution in [0.25, 0.3) is 0 Å². The molecule has 0 radical (unpaired) electrons. The van der Waals surface area contributed by atoms with Crippen LogP contribution in [-0.2, 0) is 35.5 Å². The van der Waals surface area contributed by atoms with Crippen molar-refractivity contribution in [1.82, 2.24) is 10.2 Å². The molecule has 0 spiro atoms. The van der Waals surface area contributed by atoms with Gasteiger partial charge in [0.15, 0.2) is 0 Å². The molecule has 0 aliphatic heterocycles. The highest BCUT2D eigenvalue weighted by atomic mass is 35.5. The van der Waals surface area contributed by atoms with Crippen LogP contribution in [0.15, 0.2) is 103 Å². The number of nitrogens with one attached hydrogen (secondary N) is 1. The van der Waals surface area contributed by atoms with Gasteiger partial charge in [-0.3, -0.25) is 9.59 Å². The minimum Gasteiger partial charge on any atom is -0.497 e. The van der Waals surface area contributed by atoms with E-state index in [1.807, 2.05) is 54.6 Å². The number of rotatable bonds is 11. The molecule has 5 nitrogen and oxygen atoms in total. The maximum absolute atomic E-state index is 13.8. The summed E-state index contributed by atoms with van der Waals surface area (Å²) in [5.74, 6) is -0.135. The highest BCUT2D eigenvalue weighted by molar-refractivity contribution is 6.30. The second kappa shape index (κ2) is 13.6. The first-order valence-electron chi connectivity index (χ1n) is 12.6. The second-order valence-electron chi connectivity index (χ2n) is 9.22. The molecular formula is C32H30ClFN2O3. The quantitative estimate of drug-likeness (QED) is 0.252. The number of hydrogen-bond acceptors (Lipinski definition) is 3. The Morgan fingerprint density at radius 3 is 2.08 bits per heavy atom. The fraction of sp³-hybridized carbons (Fsp3) is 0.188. The van der Waals surface area contributed by atoms with Gasteiger partial charge in [0.2, 0.25) is 11.8 Å². The zero-order chi connectivity index (χ0) is 27.6. The Hall–Kier alpha value is -4.16. The molecule has 4 aromatic carbocycles. The molecule has 200 valence electrons. The van der Waals surface area contributed by atoms with Crippen molar-refractivity contribution >= 4 is 23.4 Å². The van der Waals surface area contributed by atoms with Gasteiger partial charge >= 0.3 is 0 Å². The first kappa shape index (κ1) is 27.9. The number of methoxy groups -OCH3 is 1. The molecule has 7 heteroatoms. The summed E-state index contributed by atoms with van der Waals surface area (Å²) < 4.78 is 18.8. The zero-order valence-corrected chi connectivity index (χ0v) is 22.4. The average Bonchev–Trinajstić information content (AvgIpc) is 2.96. The first-order chi connectivity index (χ1) is 18.9. The normalized spacial score (nSPS) is 11.5. The highest BCUT2D eigenvalue weighted by Gasteiger charge is 2.30. The van der Waals surface area contributed by atoms with Crippen LogP contribution in [-0.4, -0.2) is 29.9 Å². The first-order valence-corrected chi connectivity index (χ1v) is 13.0. The molecule has 4 aromatic rings. The lowest BCUT2D eigenvalue weighted by atomic mass is 10.0. The molecule has 39 heavy (non-hydrogen) atoms. The minimum atomic E-state index is -0.796. The van der Waals surface area contributed by atoms with Crippen LogP contribution >= 0.6 is 11.6 Å². The molecule has 0 aromatic heterocycles. The number of carbonyl (C=O) groups excluding carboxylic acids is 2. The van der Waals surface area contributed by atoms with Gasteiger partial charge in [-0.1, -0.05) is 78.3 Å². The predicted molar refractivity (Wildman–Crippen MR) is 151 cm³/mol. The lowest BCUT2D eigenvalue weighted by Crippen LogP contribution is -2.50. The van der Waals surface area contributed by atoms with Crippen molar-refractivity contribution in [2.45, 2.75) is 32.0 Å². The summed E-state index contributed by atoms with van der Waals surface area (Å²) in [5.41, 5.74) is 3.33. The van der Waals surface area contributed by atoms with Crippen LogP contribution in [0, 0.1) is 5.82 Å². The minimum absolute atomic E-state index is 0.0927. The Bertz CT molecular complexity index is 1360. The van der Waals surface area contributed by atoms with Gasteiger partial charge in [-0.2, -0.15) is 0 Å². The van der Waals surface area contributed by atoms with Crippen molar-refractivity contribution in [2.24, 2.45) is 0 Å². The number of carbonyl (C=O) groups is 2. The maximum Gasteiger partial charge on any atom is 0.243 e. The van der Waals surface area contributed by atoms with E-state index in [0.717, 1.165) is 28.0 Å². The molecule has 0 aliphatic carbocycles. The lowest BCUT2D eigenvalue weighted by molar-refractivity contribution is -0.140. The van der Waals surface area contributed by atoms with Crippen LogP contribution in [0.4, 0.5) is 4.39 Å². The molecule has 0 aliphatic rings. The molecule has 0 saturated heterocycles. The highest BCUT2D eigenvalue weighted by Crippen LogP contribution is 2.19. The summed E-state index contributed by atoms with van der Waals surface area (Å²) in [6, 6.07) is 29.3. The lowest BCUT2D eigenvalue weighted by Gasteiger charge is -2.32. The fourth-order valence-corrected chi connectivity index (χ4v) is 4.40. The van der Waals surface area contributed by atoms with Crippen LogP contribution < -0.4 is 10.1 Å². The van der Waals surface area contributed by atoms with Crippen LogP contribution in [0.2, 0.25) is 5.02 Å². The van der Waals surface area contributed by atoms with E-state index in [9.17, 15) is 14.0 Å². The van der Waals surface area contributed by atoms with Crippen molar-refractivity contribution in [3.63, 3.8) is 0 Å². The molecule has 0 bridgehead atoms. The van der Waals surface area contributed by atoms with Gasteiger partial charge in [-0.05, 0) is 58.7 Å². The van der Waals surface area contributed by atoms with E-state index in [0.29, 0.717) is 18.0 Å². The fourth-order valence-electron chi connectivity index (χ4n) is 4.27. The summed E-state index contributed by atoms with van der Waals surface area (Å²) >= 11 is 6.03. The van der Waals surface area contributed by atoms with Crippen molar-refractivity contribution in [3.05, 3.63) is 136 Å². The Morgan fingerprint density at radius 2 is 1.44 bits per heavy atom. The Labute approximate surface area is 233 Å². The Kier molecular flexibility index (Phi) is 9.70. The zero-order valence-electron chi connectivity index (χ0n) is 21.6. The predicted octanol–water partition coefficient (Wildman–Crippen LogP) is 5.99. The number of amides is 2. The molecule has 4 rings (SSSR count). The second-order valence-corrected chi connectivity index (χ2v) is 9.66. The monoisotopic (exact) mass is 544 g/mol. The molecule has 1 unspecified atom stereocenters. The number of ether oxygens (including phenoxy) is 1. The molecule has 1 atom stereocenters. The average molecular weight is 545 g/mol. The van der Waals surface area contributed by atoms with Gasteiger partial charge in [-0.25, -0.2) is 4.39 Å². The van der Waals surface area contributed by atoms with E-state index in [-0.39, 0.29) is 30.6 Å². The number of hydrogen-bond donors (Lipinski definition) is 1. The molecule has 2 amide bonds. The van der Waals surface area contributed by atoms with E-state index < -0.39 is 6.04 Å². The molecule has 1 N–H and O–H groups in total. The molecule has 0 fully saturated rings. The van der Waals surface area contributed by atoms with Crippen LogP contribution in [0.3, 0.4) is 0 Å². The van der Waals surface area contributed by atoms with Gasteiger partial charge in [0.1, 0.15) is 17.6 Å². The van der Waals surface area contributed by atoms with E-state index in [2.05, 4.69) is 5.32 Å². The largest absolute Gasteiger partial charge is 0.497 e. The standard InChI is InChI=1S/C32H30ClFN2O3/c1-39-29-17-11-25(12-18-29)21-35-32(38)30(19-23-5-3-2-4-6-23)36(22-26-9-15-28(34)16-10-26)31(37)20-24-7-13-27(33)14-8-24/h2-18,30H,19-22H2,1H3,(H,35,38). The van der Waals surface area contributed by atoms with Crippen molar-refractivity contribution in [1.29, 1.82) is 0 Å². The Balaban J connectivity index is 1.62. The number of benzene rings is 4. The van der Waals surface area contributed by atoms with Crippen molar-refractivity contribution in [2.75, 3.05) is 7.11 Å². The Morgan fingerprint density at radius 1 is 0.821 bits per heavy atom. The van der Waals surface area contributed by atoms with Gasteiger partial charge in [-0.15, -0.1) is 0 Å². The molecule has 0 saturated carbocycles. The number of halogens is 2. The summed E-state index contributed by atoms with van der Waals surface area (Å²) in [7, 11) is 1.60. The molecule has 0 heterocycles. The number of nitrogens with zero attached hydrogens (tertiary/aromatic N) is 1. The van der Waals surface area contributed by atoms with Crippen molar-refractivity contribution in [3.8, 4) is 5.75 Å². The maximum atomic E-state index is 13.8. The SMILES string of the molecule is COc1ccc(CNC(=O)C(Cc2ccccc2)N(Cc2ccc(F)cc2)C(=O)Cc2ccc(Cl)cc2)cc1. The van der Waals surface area contributed by atoms with E-state index >= 15 is 0 Å². The van der Waals surface area contributed by atoms with Gasteiger partial charge in [0.05, 0.1) is 13.5 Å². The summed E-state index contributed by atoms with van der Waals surface area (Å²) in [6.07, 6.45) is 0.415. The van der Waals surface area contributed by atoms with E-state index in [4.69, 9.17) is 16.3 Å². The summed E-state index contributed by atoms with van der Waals surface area (Å²) in [4.78, 5) is 29.1. The summed E-state index contributed by atoms with van der Waals surface area (Å²) in [6.45, 7) is 0.448. The topological polar surface area (TPSA) is 58.6 Å².